The van der Waals surface area contributed by atoms with Gasteiger partial charge in [0.25, 0.3) is 0 Å². The predicted octanol–water partition coefficient (Wildman–Crippen LogP) is 3.28. The molecule has 1 aliphatic heterocycles. The zero-order valence-electron chi connectivity index (χ0n) is 14.4. The topological polar surface area (TPSA) is 75.0 Å². The van der Waals surface area contributed by atoms with Crippen molar-refractivity contribution in [2.75, 3.05) is 13.7 Å². The van der Waals surface area contributed by atoms with Gasteiger partial charge in [0.2, 0.25) is 5.16 Å². The molecule has 2 aromatic heterocycles. The van der Waals surface area contributed by atoms with Crippen LogP contribution >= 0.6 is 23.1 Å². The van der Waals surface area contributed by atoms with Crippen LogP contribution in [0.2, 0.25) is 0 Å². The third kappa shape index (κ3) is 3.89. The standard InChI is InChI=1S/C17H19N5O2S2/c1-23-15-7-3-2-6-14(15)16-18-12(10-25-16)11-26-17-19-20-21-22(17)9-13-5-4-8-24-13/h2-3,6-7,10,13H,4-5,8-9,11H2,1H3. The highest BCUT2D eigenvalue weighted by atomic mass is 32.2. The summed E-state index contributed by atoms with van der Waals surface area (Å²) >= 11 is 3.21. The van der Waals surface area contributed by atoms with Crippen molar-refractivity contribution in [3.63, 3.8) is 0 Å². The maximum absolute atomic E-state index is 5.67. The van der Waals surface area contributed by atoms with Gasteiger partial charge in [0.15, 0.2) is 0 Å². The van der Waals surface area contributed by atoms with Crippen molar-refractivity contribution < 1.29 is 9.47 Å². The fourth-order valence-corrected chi connectivity index (χ4v) is 4.59. The number of thioether (sulfide) groups is 1. The molecular weight excluding hydrogens is 370 g/mol. The number of methoxy groups -OCH3 is 1. The Morgan fingerprint density at radius 1 is 1.38 bits per heavy atom. The van der Waals surface area contributed by atoms with E-state index in [9.17, 15) is 0 Å². The van der Waals surface area contributed by atoms with Crippen molar-refractivity contribution in [3.8, 4) is 16.3 Å². The number of tetrazole rings is 1. The van der Waals surface area contributed by atoms with Crippen molar-refractivity contribution in [2.24, 2.45) is 0 Å². The van der Waals surface area contributed by atoms with Gasteiger partial charge in [0.1, 0.15) is 10.8 Å². The van der Waals surface area contributed by atoms with Gasteiger partial charge in [-0.15, -0.1) is 16.4 Å². The number of aromatic nitrogens is 5. The predicted molar refractivity (Wildman–Crippen MR) is 100 cm³/mol. The van der Waals surface area contributed by atoms with Crippen LogP contribution in [-0.2, 0) is 17.0 Å². The largest absolute Gasteiger partial charge is 0.496 e. The molecule has 1 atom stereocenters. The molecule has 1 fully saturated rings. The summed E-state index contributed by atoms with van der Waals surface area (Å²) in [5.74, 6) is 1.55. The molecular formula is C17H19N5O2S2. The Balaban J connectivity index is 1.42. The van der Waals surface area contributed by atoms with E-state index in [2.05, 4.69) is 20.9 Å². The van der Waals surface area contributed by atoms with Gasteiger partial charge >= 0.3 is 0 Å². The summed E-state index contributed by atoms with van der Waals surface area (Å²) in [6.45, 7) is 1.54. The first kappa shape index (κ1) is 17.4. The van der Waals surface area contributed by atoms with Gasteiger partial charge in [0.05, 0.1) is 31.0 Å². The molecule has 0 amide bonds. The average molecular weight is 390 g/mol. The minimum absolute atomic E-state index is 0.217. The summed E-state index contributed by atoms with van der Waals surface area (Å²) in [4.78, 5) is 4.74. The SMILES string of the molecule is COc1ccccc1-c1nc(CSc2nnnn2CC2CCCO2)cs1. The second-order valence-electron chi connectivity index (χ2n) is 5.91. The van der Waals surface area contributed by atoms with Crippen molar-refractivity contribution in [1.82, 2.24) is 25.2 Å². The maximum atomic E-state index is 5.67. The van der Waals surface area contributed by atoms with E-state index in [0.29, 0.717) is 6.54 Å². The lowest BCUT2D eigenvalue weighted by Gasteiger charge is -2.09. The molecule has 3 heterocycles. The lowest BCUT2D eigenvalue weighted by molar-refractivity contribution is 0.0912. The number of hydrogen-bond donors (Lipinski definition) is 0. The zero-order chi connectivity index (χ0) is 17.8. The molecule has 1 saturated heterocycles. The van der Waals surface area contributed by atoms with Gasteiger partial charge in [-0.25, -0.2) is 9.67 Å². The highest BCUT2D eigenvalue weighted by Crippen LogP contribution is 2.33. The van der Waals surface area contributed by atoms with E-state index in [1.54, 1.807) is 30.2 Å². The maximum Gasteiger partial charge on any atom is 0.209 e. The van der Waals surface area contributed by atoms with E-state index < -0.39 is 0 Å². The Hall–Kier alpha value is -1.97. The minimum Gasteiger partial charge on any atom is -0.496 e. The quantitative estimate of drug-likeness (QED) is 0.574. The van der Waals surface area contributed by atoms with Crippen LogP contribution < -0.4 is 4.74 Å². The number of benzene rings is 1. The number of nitrogens with zero attached hydrogens (tertiary/aromatic N) is 5. The monoisotopic (exact) mass is 389 g/mol. The fraction of sp³-hybridized carbons (Fsp3) is 0.412. The smallest absolute Gasteiger partial charge is 0.209 e. The lowest BCUT2D eigenvalue weighted by Crippen LogP contribution is -2.16. The summed E-state index contributed by atoms with van der Waals surface area (Å²) in [6, 6.07) is 7.93. The van der Waals surface area contributed by atoms with Gasteiger partial charge in [0, 0.05) is 17.7 Å². The van der Waals surface area contributed by atoms with Crippen molar-refractivity contribution in [1.29, 1.82) is 0 Å². The number of rotatable bonds is 7. The first-order chi connectivity index (χ1) is 12.8. The van der Waals surface area contributed by atoms with Gasteiger partial charge in [-0.3, -0.25) is 0 Å². The summed E-state index contributed by atoms with van der Waals surface area (Å²) in [6.07, 6.45) is 2.40. The number of ether oxygens (including phenoxy) is 2. The molecule has 1 unspecified atom stereocenters. The average Bonchev–Trinajstić information content (AvgIpc) is 3.43. The van der Waals surface area contributed by atoms with Crippen LogP contribution in [0.3, 0.4) is 0 Å². The fourth-order valence-electron chi connectivity index (χ4n) is 2.85. The molecule has 0 radical (unpaired) electrons. The summed E-state index contributed by atoms with van der Waals surface area (Å²) in [5, 5.41) is 15.8. The van der Waals surface area contributed by atoms with Crippen LogP contribution in [0, 0.1) is 0 Å². The molecule has 3 aromatic rings. The Kier molecular flexibility index (Phi) is 5.47. The van der Waals surface area contributed by atoms with E-state index in [-0.39, 0.29) is 6.10 Å². The summed E-state index contributed by atoms with van der Waals surface area (Å²) < 4.78 is 12.9. The number of hydrogen-bond acceptors (Lipinski definition) is 8. The normalized spacial score (nSPS) is 16.9. The van der Waals surface area contributed by atoms with Crippen molar-refractivity contribution >= 4 is 23.1 Å². The molecule has 9 heteroatoms. The van der Waals surface area contributed by atoms with Gasteiger partial charge in [-0.2, -0.15) is 0 Å². The summed E-state index contributed by atoms with van der Waals surface area (Å²) in [5.41, 5.74) is 2.02. The first-order valence-electron chi connectivity index (χ1n) is 8.42. The van der Waals surface area contributed by atoms with Crippen LogP contribution in [0.4, 0.5) is 0 Å². The molecule has 0 bridgehead atoms. The Labute approximate surface area is 159 Å². The van der Waals surface area contributed by atoms with Crippen LogP contribution in [0.5, 0.6) is 5.75 Å². The molecule has 4 rings (SSSR count). The third-order valence-electron chi connectivity index (χ3n) is 4.14. The highest BCUT2D eigenvalue weighted by Gasteiger charge is 2.19. The first-order valence-corrected chi connectivity index (χ1v) is 10.3. The van der Waals surface area contributed by atoms with Crippen LogP contribution in [-0.4, -0.2) is 45.0 Å². The zero-order valence-corrected chi connectivity index (χ0v) is 16.0. The van der Waals surface area contributed by atoms with Crippen molar-refractivity contribution in [2.45, 2.75) is 36.4 Å². The molecule has 0 N–H and O–H groups in total. The highest BCUT2D eigenvalue weighted by molar-refractivity contribution is 7.98. The van der Waals surface area contributed by atoms with E-state index in [1.807, 2.05) is 28.9 Å². The van der Waals surface area contributed by atoms with Crippen LogP contribution in [0.1, 0.15) is 18.5 Å². The second kappa shape index (κ2) is 8.15. The second-order valence-corrected chi connectivity index (χ2v) is 7.71. The molecule has 0 aliphatic carbocycles. The number of para-hydroxylation sites is 1. The van der Waals surface area contributed by atoms with Gasteiger partial charge in [-0.1, -0.05) is 23.9 Å². The van der Waals surface area contributed by atoms with Crippen LogP contribution in [0.15, 0.2) is 34.8 Å². The van der Waals surface area contributed by atoms with E-state index in [4.69, 9.17) is 14.5 Å². The van der Waals surface area contributed by atoms with E-state index in [0.717, 1.165) is 52.4 Å². The summed E-state index contributed by atoms with van der Waals surface area (Å²) in [7, 11) is 1.68. The molecule has 1 aliphatic rings. The molecule has 1 aromatic carbocycles. The molecule has 0 saturated carbocycles. The lowest BCUT2D eigenvalue weighted by atomic mass is 10.2. The number of thiazole rings is 1. The molecule has 7 nitrogen and oxygen atoms in total. The van der Waals surface area contributed by atoms with E-state index in [1.165, 1.54) is 0 Å². The van der Waals surface area contributed by atoms with E-state index >= 15 is 0 Å². The van der Waals surface area contributed by atoms with Gasteiger partial charge in [-0.05, 0) is 35.4 Å². The molecule has 136 valence electrons. The molecule has 0 spiro atoms. The van der Waals surface area contributed by atoms with Crippen molar-refractivity contribution in [3.05, 3.63) is 35.3 Å². The van der Waals surface area contributed by atoms with Crippen LogP contribution in [0.25, 0.3) is 10.6 Å². The Morgan fingerprint density at radius 2 is 2.31 bits per heavy atom. The third-order valence-corrected chi connectivity index (χ3v) is 6.05. The minimum atomic E-state index is 0.217. The van der Waals surface area contributed by atoms with Gasteiger partial charge < -0.3 is 9.47 Å². The Morgan fingerprint density at radius 3 is 3.15 bits per heavy atom. The molecule has 26 heavy (non-hydrogen) atoms. The Bertz CT molecular complexity index is 860.